The number of para-hydroxylation sites is 1. The van der Waals surface area contributed by atoms with E-state index in [1.807, 2.05) is 26.0 Å². The lowest BCUT2D eigenvalue weighted by Gasteiger charge is -2.24. The number of sulfonamides is 1. The first kappa shape index (κ1) is 16.0. The molecule has 0 fully saturated rings. The fraction of sp³-hybridized carbons (Fsp3) is 0.571. The Hall–Kier alpha value is -1.07. The molecule has 0 aliphatic rings. The van der Waals surface area contributed by atoms with Gasteiger partial charge in [-0.15, -0.1) is 0 Å². The first-order valence-corrected chi connectivity index (χ1v) is 8.20. The molecule has 0 radical (unpaired) electrons. The van der Waals surface area contributed by atoms with Crippen LogP contribution >= 0.6 is 0 Å². The average molecular weight is 284 g/mol. The van der Waals surface area contributed by atoms with Crippen molar-refractivity contribution in [2.45, 2.75) is 44.6 Å². The van der Waals surface area contributed by atoms with Crippen molar-refractivity contribution in [3.05, 3.63) is 24.3 Å². The fourth-order valence-corrected chi connectivity index (χ4v) is 3.35. The molecular formula is C14H24N2O2S. The monoisotopic (exact) mass is 284 g/mol. The van der Waals surface area contributed by atoms with Gasteiger partial charge in [-0.1, -0.05) is 26.0 Å². The van der Waals surface area contributed by atoms with Gasteiger partial charge in [-0.05, 0) is 31.9 Å². The summed E-state index contributed by atoms with van der Waals surface area (Å²) in [5.41, 5.74) is 0.680. The molecule has 1 aromatic rings. The largest absolute Gasteiger partial charge is 0.384 e. The van der Waals surface area contributed by atoms with Crippen LogP contribution in [0.25, 0.3) is 0 Å². The van der Waals surface area contributed by atoms with Crippen molar-refractivity contribution in [1.29, 1.82) is 0 Å². The van der Waals surface area contributed by atoms with E-state index in [2.05, 4.69) is 12.2 Å². The van der Waals surface area contributed by atoms with Gasteiger partial charge in [-0.25, -0.2) is 8.42 Å². The number of nitrogens with one attached hydrogen (secondary N) is 1. The van der Waals surface area contributed by atoms with Crippen LogP contribution in [0, 0.1) is 0 Å². The summed E-state index contributed by atoms with van der Waals surface area (Å²) >= 11 is 0. The van der Waals surface area contributed by atoms with E-state index in [0.717, 1.165) is 19.4 Å². The lowest BCUT2D eigenvalue weighted by atomic mass is 10.3. The van der Waals surface area contributed by atoms with Crippen LogP contribution in [-0.4, -0.2) is 32.4 Å². The van der Waals surface area contributed by atoms with Gasteiger partial charge in [-0.3, -0.25) is 0 Å². The molecule has 1 aromatic carbocycles. The Bertz CT molecular complexity index is 500. The Kier molecular flexibility index (Phi) is 5.82. The van der Waals surface area contributed by atoms with Crippen molar-refractivity contribution in [1.82, 2.24) is 4.31 Å². The maximum atomic E-state index is 12.6. The Balaban J connectivity index is 3.14. The Morgan fingerprint density at radius 3 is 2.47 bits per heavy atom. The second-order valence-electron chi connectivity index (χ2n) is 4.70. The number of benzene rings is 1. The highest BCUT2D eigenvalue weighted by Crippen LogP contribution is 2.25. The van der Waals surface area contributed by atoms with Crippen LogP contribution in [0.1, 0.15) is 33.6 Å². The third kappa shape index (κ3) is 3.70. The van der Waals surface area contributed by atoms with Crippen molar-refractivity contribution in [3.8, 4) is 0 Å². The molecule has 0 amide bonds. The summed E-state index contributed by atoms with van der Waals surface area (Å²) in [6.45, 7) is 6.71. The van der Waals surface area contributed by atoms with Crippen molar-refractivity contribution in [2.75, 3.05) is 18.9 Å². The van der Waals surface area contributed by atoms with Gasteiger partial charge in [0.25, 0.3) is 0 Å². The number of anilines is 1. The van der Waals surface area contributed by atoms with E-state index in [0.29, 0.717) is 10.6 Å². The van der Waals surface area contributed by atoms with Crippen molar-refractivity contribution < 1.29 is 8.42 Å². The van der Waals surface area contributed by atoms with Crippen LogP contribution in [0.15, 0.2) is 29.2 Å². The third-order valence-corrected chi connectivity index (χ3v) is 5.35. The zero-order chi connectivity index (χ0) is 14.5. The van der Waals surface area contributed by atoms with Crippen LogP contribution in [0.3, 0.4) is 0 Å². The molecule has 0 saturated heterocycles. The quantitative estimate of drug-likeness (QED) is 0.837. The zero-order valence-electron chi connectivity index (χ0n) is 12.2. The second-order valence-corrected chi connectivity index (χ2v) is 6.67. The van der Waals surface area contributed by atoms with Crippen molar-refractivity contribution in [3.63, 3.8) is 0 Å². The first-order valence-electron chi connectivity index (χ1n) is 6.76. The Morgan fingerprint density at radius 1 is 1.26 bits per heavy atom. The predicted octanol–water partition coefficient (Wildman–Crippen LogP) is 2.93. The molecule has 0 aliphatic carbocycles. The summed E-state index contributed by atoms with van der Waals surface area (Å²) in [6.07, 6.45) is 1.75. The summed E-state index contributed by atoms with van der Waals surface area (Å²) in [4.78, 5) is 0.353. The SMILES string of the molecule is CCCNc1ccccc1S(=O)(=O)N(C)C(C)CC. The van der Waals surface area contributed by atoms with Crippen LogP contribution in [0.5, 0.6) is 0 Å². The smallest absolute Gasteiger partial charge is 0.245 e. The molecule has 1 unspecified atom stereocenters. The minimum Gasteiger partial charge on any atom is -0.384 e. The average Bonchev–Trinajstić information content (AvgIpc) is 2.43. The lowest BCUT2D eigenvalue weighted by Crippen LogP contribution is -2.35. The van der Waals surface area contributed by atoms with Gasteiger partial charge >= 0.3 is 0 Å². The van der Waals surface area contributed by atoms with Crippen LogP contribution in [0.4, 0.5) is 5.69 Å². The van der Waals surface area contributed by atoms with Gasteiger partial charge in [0.2, 0.25) is 10.0 Å². The molecule has 1 rings (SSSR count). The van der Waals surface area contributed by atoms with E-state index in [-0.39, 0.29) is 6.04 Å². The minimum absolute atomic E-state index is 0.00997. The molecule has 19 heavy (non-hydrogen) atoms. The first-order chi connectivity index (χ1) is 8.95. The second kappa shape index (κ2) is 6.91. The predicted molar refractivity (Wildman–Crippen MR) is 79.9 cm³/mol. The molecular weight excluding hydrogens is 260 g/mol. The maximum absolute atomic E-state index is 12.6. The molecule has 0 bridgehead atoms. The maximum Gasteiger partial charge on any atom is 0.245 e. The van der Waals surface area contributed by atoms with E-state index in [4.69, 9.17) is 0 Å². The number of hydrogen-bond donors (Lipinski definition) is 1. The molecule has 0 aromatic heterocycles. The van der Waals surface area contributed by atoms with Crippen LogP contribution in [-0.2, 0) is 10.0 Å². The summed E-state index contributed by atoms with van der Waals surface area (Å²) in [7, 11) is -1.80. The van der Waals surface area contributed by atoms with E-state index < -0.39 is 10.0 Å². The van der Waals surface area contributed by atoms with Crippen LogP contribution < -0.4 is 5.32 Å². The molecule has 1 N–H and O–H groups in total. The summed E-state index contributed by atoms with van der Waals surface area (Å²) < 4.78 is 26.6. The van der Waals surface area contributed by atoms with Crippen LogP contribution in [0.2, 0.25) is 0 Å². The van der Waals surface area contributed by atoms with Gasteiger partial charge in [0.05, 0.1) is 5.69 Å². The van der Waals surface area contributed by atoms with Gasteiger partial charge in [0.1, 0.15) is 4.90 Å². The minimum atomic E-state index is -3.44. The summed E-state index contributed by atoms with van der Waals surface area (Å²) in [5, 5.41) is 3.18. The molecule has 108 valence electrons. The third-order valence-electron chi connectivity index (χ3n) is 3.32. The van der Waals surface area contributed by atoms with Gasteiger partial charge in [-0.2, -0.15) is 4.31 Å². The molecule has 0 spiro atoms. The number of hydrogen-bond acceptors (Lipinski definition) is 3. The number of rotatable bonds is 7. The highest BCUT2D eigenvalue weighted by atomic mass is 32.2. The molecule has 0 saturated carbocycles. The molecule has 0 heterocycles. The zero-order valence-corrected chi connectivity index (χ0v) is 13.0. The Morgan fingerprint density at radius 2 is 1.89 bits per heavy atom. The molecule has 4 nitrogen and oxygen atoms in total. The summed E-state index contributed by atoms with van der Waals surface area (Å²) in [5.74, 6) is 0. The normalized spacial score (nSPS) is 13.5. The fourth-order valence-electron chi connectivity index (χ4n) is 1.75. The van der Waals surface area contributed by atoms with E-state index in [1.54, 1.807) is 19.2 Å². The number of nitrogens with zero attached hydrogens (tertiary/aromatic N) is 1. The van der Waals surface area contributed by atoms with E-state index in [1.165, 1.54) is 4.31 Å². The van der Waals surface area contributed by atoms with Gasteiger partial charge in [0.15, 0.2) is 0 Å². The van der Waals surface area contributed by atoms with Crippen molar-refractivity contribution in [2.24, 2.45) is 0 Å². The lowest BCUT2D eigenvalue weighted by molar-refractivity contribution is 0.381. The highest BCUT2D eigenvalue weighted by Gasteiger charge is 2.26. The van der Waals surface area contributed by atoms with E-state index in [9.17, 15) is 8.42 Å². The standard InChI is InChI=1S/C14H24N2O2S/c1-5-11-15-13-9-7-8-10-14(13)19(17,18)16(4)12(3)6-2/h7-10,12,15H,5-6,11H2,1-4H3. The summed E-state index contributed by atoms with van der Waals surface area (Å²) in [6, 6.07) is 7.07. The molecule has 0 aliphatic heterocycles. The molecule has 1 atom stereocenters. The van der Waals surface area contributed by atoms with Crippen molar-refractivity contribution >= 4 is 15.7 Å². The van der Waals surface area contributed by atoms with E-state index >= 15 is 0 Å². The topological polar surface area (TPSA) is 49.4 Å². The van der Waals surface area contributed by atoms with Gasteiger partial charge < -0.3 is 5.32 Å². The highest BCUT2D eigenvalue weighted by molar-refractivity contribution is 7.89. The molecule has 5 heteroatoms. The Labute approximate surface area is 116 Å². The van der Waals surface area contributed by atoms with Gasteiger partial charge in [0, 0.05) is 19.6 Å².